The van der Waals surface area contributed by atoms with E-state index in [0.717, 1.165) is 16.1 Å². The summed E-state index contributed by atoms with van der Waals surface area (Å²) in [7, 11) is 0. The highest BCUT2D eigenvalue weighted by molar-refractivity contribution is 7.17. The molecule has 1 atom stereocenters. The maximum Gasteiger partial charge on any atom is 0.409 e. The summed E-state index contributed by atoms with van der Waals surface area (Å²) >= 11 is 7.54. The number of ether oxygens (including phenoxy) is 1. The minimum absolute atomic E-state index is 0.296. The zero-order valence-electron chi connectivity index (χ0n) is 16.9. The molecule has 4 rings (SSSR count). The van der Waals surface area contributed by atoms with Gasteiger partial charge in [0.1, 0.15) is 22.4 Å². The number of carbonyl (C=O) groups excluding carboxylic acids is 1. The Kier molecular flexibility index (Phi) is 6.02. The summed E-state index contributed by atoms with van der Waals surface area (Å²) in [6.45, 7) is 1.97. The van der Waals surface area contributed by atoms with Crippen molar-refractivity contribution in [2.45, 2.75) is 19.4 Å². The Labute approximate surface area is 192 Å². The SMILES string of the molecule is CCC(Oc1cc(-c2cnc3cc(NC(=O)O)ccn23)sc1C(N)=O)c1ccccc1Cl. The normalized spacial score (nSPS) is 11.9. The number of aromatic nitrogens is 2. The van der Waals surface area contributed by atoms with Gasteiger partial charge < -0.3 is 15.6 Å². The zero-order chi connectivity index (χ0) is 22.8. The second-order valence-electron chi connectivity index (χ2n) is 6.92. The third-order valence-corrected chi connectivity index (χ3v) is 6.33. The Morgan fingerprint density at radius 1 is 1.31 bits per heavy atom. The lowest BCUT2D eigenvalue weighted by molar-refractivity contribution is 0.0997. The largest absolute Gasteiger partial charge is 0.484 e. The van der Waals surface area contributed by atoms with Gasteiger partial charge in [-0.15, -0.1) is 11.3 Å². The van der Waals surface area contributed by atoms with Crippen LogP contribution in [0.5, 0.6) is 5.75 Å². The summed E-state index contributed by atoms with van der Waals surface area (Å²) < 4.78 is 7.99. The van der Waals surface area contributed by atoms with E-state index in [1.165, 1.54) is 11.3 Å². The first kappa shape index (κ1) is 21.7. The van der Waals surface area contributed by atoms with Crippen LogP contribution in [0.4, 0.5) is 10.5 Å². The van der Waals surface area contributed by atoms with Gasteiger partial charge in [0.25, 0.3) is 5.91 Å². The lowest BCUT2D eigenvalue weighted by Crippen LogP contribution is -2.13. The number of rotatable bonds is 7. The van der Waals surface area contributed by atoms with Crippen LogP contribution in [0.15, 0.2) is 54.9 Å². The van der Waals surface area contributed by atoms with Crippen molar-refractivity contribution in [3.63, 3.8) is 0 Å². The monoisotopic (exact) mass is 470 g/mol. The van der Waals surface area contributed by atoms with E-state index in [1.807, 2.05) is 25.1 Å². The van der Waals surface area contributed by atoms with E-state index in [1.54, 1.807) is 41.1 Å². The molecule has 4 N–H and O–H groups in total. The van der Waals surface area contributed by atoms with E-state index in [9.17, 15) is 9.59 Å². The Balaban J connectivity index is 1.71. The van der Waals surface area contributed by atoms with Crippen LogP contribution < -0.4 is 15.8 Å². The number of hydrogen-bond acceptors (Lipinski definition) is 5. The van der Waals surface area contributed by atoms with Gasteiger partial charge >= 0.3 is 6.09 Å². The van der Waals surface area contributed by atoms with Gasteiger partial charge in [0.15, 0.2) is 0 Å². The van der Waals surface area contributed by atoms with Gasteiger partial charge in [-0.1, -0.05) is 36.7 Å². The molecule has 0 aliphatic carbocycles. The third kappa shape index (κ3) is 4.25. The first-order chi connectivity index (χ1) is 15.4. The van der Waals surface area contributed by atoms with Crippen molar-refractivity contribution in [3.8, 4) is 16.3 Å². The molecule has 8 nitrogen and oxygen atoms in total. The van der Waals surface area contributed by atoms with Gasteiger partial charge in [-0.25, -0.2) is 9.78 Å². The van der Waals surface area contributed by atoms with Crippen LogP contribution in [-0.4, -0.2) is 26.5 Å². The minimum atomic E-state index is -1.16. The van der Waals surface area contributed by atoms with Gasteiger partial charge in [-0.3, -0.25) is 14.5 Å². The van der Waals surface area contributed by atoms with Crippen molar-refractivity contribution in [1.29, 1.82) is 0 Å². The number of benzene rings is 1. The van der Waals surface area contributed by atoms with E-state index in [4.69, 9.17) is 27.2 Å². The molecule has 0 aliphatic heterocycles. The number of carboxylic acid groups (broad SMARTS) is 1. The number of nitrogens with one attached hydrogen (secondary N) is 1. The zero-order valence-corrected chi connectivity index (χ0v) is 18.5. The summed E-state index contributed by atoms with van der Waals surface area (Å²) in [5, 5.41) is 11.8. The lowest BCUT2D eigenvalue weighted by atomic mass is 10.1. The van der Waals surface area contributed by atoms with Gasteiger partial charge in [0.05, 0.1) is 16.8 Å². The molecule has 4 aromatic rings. The Hall–Kier alpha value is -3.56. The topological polar surface area (TPSA) is 119 Å². The molecule has 0 fully saturated rings. The van der Waals surface area contributed by atoms with Gasteiger partial charge in [-0.2, -0.15) is 0 Å². The van der Waals surface area contributed by atoms with E-state index in [2.05, 4.69) is 10.3 Å². The predicted octanol–water partition coefficient (Wildman–Crippen LogP) is 5.44. The molecule has 0 saturated heterocycles. The molecular weight excluding hydrogens is 452 g/mol. The standard InChI is InChI=1S/C22H19ClN4O4S/c1-2-16(13-5-3-4-6-14(13)23)31-17-10-18(32-20(17)21(24)28)15-11-25-19-9-12(26-22(29)30)7-8-27(15)19/h3-11,16,26H,2H2,1H3,(H2,24,28)(H,29,30). The fourth-order valence-electron chi connectivity index (χ4n) is 3.38. The average Bonchev–Trinajstić information content (AvgIpc) is 3.36. The van der Waals surface area contributed by atoms with Crippen molar-refractivity contribution in [2.75, 3.05) is 5.32 Å². The van der Waals surface area contributed by atoms with Crippen molar-refractivity contribution in [2.24, 2.45) is 5.73 Å². The van der Waals surface area contributed by atoms with Crippen molar-refractivity contribution < 1.29 is 19.4 Å². The van der Waals surface area contributed by atoms with E-state index < -0.39 is 12.0 Å². The molecule has 1 unspecified atom stereocenters. The molecule has 0 spiro atoms. The first-order valence-electron chi connectivity index (χ1n) is 9.69. The van der Waals surface area contributed by atoms with Crippen LogP contribution >= 0.6 is 22.9 Å². The van der Waals surface area contributed by atoms with E-state index in [-0.39, 0.29) is 6.10 Å². The summed E-state index contributed by atoms with van der Waals surface area (Å²) in [6.07, 6.45) is 2.48. The molecule has 0 bridgehead atoms. The Bertz CT molecular complexity index is 1320. The van der Waals surface area contributed by atoms with Crippen LogP contribution in [0.25, 0.3) is 16.2 Å². The number of amides is 2. The maximum absolute atomic E-state index is 12.1. The van der Waals surface area contributed by atoms with E-state index in [0.29, 0.717) is 33.4 Å². The van der Waals surface area contributed by atoms with Crippen LogP contribution in [0, 0.1) is 0 Å². The molecular formula is C22H19ClN4O4S. The molecule has 0 radical (unpaired) electrons. The smallest absolute Gasteiger partial charge is 0.409 e. The highest BCUT2D eigenvalue weighted by atomic mass is 35.5. The number of primary amides is 1. The summed E-state index contributed by atoms with van der Waals surface area (Å²) in [4.78, 5) is 28.4. The third-order valence-electron chi connectivity index (χ3n) is 4.83. The molecule has 3 heterocycles. The number of pyridine rings is 1. The molecule has 3 aromatic heterocycles. The number of anilines is 1. The second kappa shape index (κ2) is 8.89. The Morgan fingerprint density at radius 2 is 2.09 bits per heavy atom. The van der Waals surface area contributed by atoms with Crippen molar-refractivity contribution >= 4 is 46.3 Å². The van der Waals surface area contributed by atoms with Gasteiger partial charge in [0.2, 0.25) is 0 Å². The quantitative estimate of drug-likeness (QED) is 0.332. The van der Waals surface area contributed by atoms with Gasteiger partial charge in [-0.05, 0) is 18.6 Å². The highest BCUT2D eigenvalue weighted by Gasteiger charge is 2.22. The number of halogens is 1. The molecule has 0 aliphatic rings. The fourth-order valence-corrected chi connectivity index (χ4v) is 4.59. The van der Waals surface area contributed by atoms with Crippen molar-refractivity contribution in [1.82, 2.24) is 9.38 Å². The van der Waals surface area contributed by atoms with Crippen LogP contribution in [-0.2, 0) is 0 Å². The highest BCUT2D eigenvalue weighted by Crippen LogP contribution is 2.39. The number of carbonyl (C=O) groups is 2. The number of nitrogens with two attached hydrogens (primary N) is 1. The summed E-state index contributed by atoms with van der Waals surface area (Å²) in [5.41, 5.74) is 8.12. The summed E-state index contributed by atoms with van der Waals surface area (Å²) in [5.74, 6) is -0.213. The fraction of sp³-hybridized carbons (Fsp3) is 0.136. The average molecular weight is 471 g/mol. The number of fused-ring (bicyclic) bond motifs is 1. The number of nitrogens with zero attached hydrogens (tertiary/aromatic N) is 2. The number of hydrogen-bond donors (Lipinski definition) is 3. The minimum Gasteiger partial charge on any atom is -0.484 e. The molecule has 0 saturated carbocycles. The predicted molar refractivity (Wildman–Crippen MR) is 124 cm³/mol. The Morgan fingerprint density at radius 3 is 2.78 bits per heavy atom. The number of imidazole rings is 1. The van der Waals surface area contributed by atoms with Crippen LogP contribution in [0.2, 0.25) is 5.02 Å². The molecule has 10 heteroatoms. The summed E-state index contributed by atoms with van der Waals surface area (Å²) in [6, 6.07) is 12.4. The van der Waals surface area contributed by atoms with Gasteiger partial charge in [0, 0.05) is 34.6 Å². The molecule has 32 heavy (non-hydrogen) atoms. The first-order valence-corrected chi connectivity index (χ1v) is 10.9. The number of thiophene rings is 1. The van der Waals surface area contributed by atoms with Crippen LogP contribution in [0.1, 0.15) is 34.7 Å². The maximum atomic E-state index is 12.1. The lowest BCUT2D eigenvalue weighted by Gasteiger charge is -2.19. The second-order valence-corrected chi connectivity index (χ2v) is 8.38. The molecule has 2 amide bonds. The van der Waals surface area contributed by atoms with Crippen molar-refractivity contribution in [3.05, 3.63) is 70.3 Å². The van der Waals surface area contributed by atoms with E-state index >= 15 is 0 Å². The molecule has 164 valence electrons. The molecule has 1 aromatic carbocycles. The van der Waals surface area contributed by atoms with Crippen LogP contribution in [0.3, 0.4) is 0 Å².